The SMILES string of the molecule is O=C1CC[C@@H](C(=O)N[C@@H](Cc2cnc[nH]2)C(=O)N[C@@H](Cc2c[nH]c3ccccc23)C(=O)N[C@H](CO)C(=O)N[C@@H](Cc2ccc(O)cc2)C(=O)O)N1. The normalized spacial score (nSPS) is 16.3. The standard InChI is InChI=1S/C34H38N8O9/c43-16-28(33(49)41-27(34(50)51)11-18-5-7-21(44)8-6-18)42-31(47)25(12-19-14-36-23-4-2-1-3-22(19)23)39-32(48)26(13-20-15-35-17-37-20)40-30(46)24-9-10-29(45)38-24/h1-8,14-15,17,24-28,36,43-44H,9-13,16H2,(H,35,37)(H,38,45)(H,39,48)(H,40,46)(H,41,49)(H,42,47)(H,50,51)/t24-,25-,26-,27-,28+/m0/s1. The molecule has 0 radical (unpaired) electrons. The summed E-state index contributed by atoms with van der Waals surface area (Å²) in [6, 6.07) is 6.53. The maximum atomic E-state index is 13.9. The van der Waals surface area contributed by atoms with E-state index in [1.54, 1.807) is 12.3 Å². The van der Waals surface area contributed by atoms with Gasteiger partial charge in [0.15, 0.2) is 0 Å². The van der Waals surface area contributed by atoms with E-state index in [0.29, 0.717) is 16.8 Å². The number of nitrogens with one attached hydrogen (secondary N) is 7. The maximum Gasteiger partial charge on any atom is 0.326 e. The van der Waals surface area contributed by atoms with E-state index >= 15 is 0 Å². The van der Waals surface area contributed by atoms with Gasteiger partial charge in [0.25, 0.3) is 0 Å². The fraction of sp³-hybridized carbons (Fsp3) is 0.324. The highest BCUT2D eigenvalue weighted by molar-refractivity contribution is 5.97. The molecule has 5 amide bonds. The van der Waals surface area contributed by atoms with Gasteiger partial charge >= 0.3 is 5.97 Å². The monoisotopic (exact) mass is 702 g/mol. The number of benzene rings is 2. The fourth-order valence-electron chi connectivity index (χ4n) is 5.72. The Hall–Kier alpha value is -6.23. The molecule has 17 nitrogen and oxygen atoms in total. The van der Waals surface area contributed by atoms with Crippen molar-refractivity contribution in [1.82, 2.24) is 41.5 Å². The molecule has 2 aromatic carbocycles. The quantitative estimate of drug-likeness (QED) is 0.0675. The average molecular weight is 703 g/mol. The second-order valence-corrected chi connectivity index (χ2v) is 12.1. The van der Waals surface area contributed by atoms with Crippen molar-refractivity contribution in [3.05, 3.63) is 84.1 Å². The van der Waals surface area contributed by atoms with Gasteiger partial charge in [-0.05, 0) is 35.7 Å². The van der Waals surface area contributed by atoms with Crippen LogP contribution >= 0.6 is 0 Å². The zero-order valence-corrected chi connectivity index (χ0v) is 27.2. The summed E-state index contributed by atoms with van der Waals surface area (Å²) < 4.78 is 0. The molecule has 5 atom stereocenters. The van der Waals surface area contributed by atoms with Gasteiger partial charge in [0.2, 0.25) is 29.5 Å². The van der Waals surface area contributed by atoms with Gasteiger partial charge in [0.1, 0.15) is 36.0 Å². The number of amides is 5. The van der Waals surface area contributed by atoms with Gasteiger partial charge in [-0.2, -0.15) is 0 Å². The average Bonchev–Trinajstić information content (AvgIpc) is 3.89. The topological polar surface area (TPSA) is 268 Å². The van der Waals surface area contributed by atoms with E-state index in [4.69, 9.17) is 0 Å². The zero-order chi connectivity index (χ0) is 36.5. The number of aliphatic carboxylic acids is 1. The van der Waals surface area contributed by atoms with E-state index in [2.05, 4.69) is 41.5 Å². The highest BCUT2D eigenvalue weighted by Crippen LogP contribution is 2.20. The number of carbonyl (C=O) groups is 6. The number of hydrogen-bond acceptors (Lipinski definition) is 9. The van der Waals surface area contributed by atoms with Gasteiger partial charge in [-0.3, -0.25) is 24.0 Å². The third-order valence-electron chi connectivity index (χ3n) is 8.46. The number of aromatic amines is 2. The van der Waals surface area contributed by atoms with Gasteiger partial charge < -0.3 is 51.9 Å². The van der Waals surface area contributed by atoms with E-state index in [1.807, 2.05) is 18.2 Å². The summed E-state index contributed by atoms with van der Waals surface area (Å²) in [7, 11) is 0. The van der Waals surface area contributed by atoms with Gasteiger partial charge in [0.05, 0.1) is 12.9 Å². The number of fused-ring (bicyclic) bond motifs is 1. The predicted octanol–water partition coefficient (Wildman–Crippen LogP) is -1.08. The highest BCUT2D eigenvalue weighted by atomic mass is 16.4. The molecule has 1 aliphatic rings. The van der Waals surface area contributed by atoms with Crippen LogP contribution in [0.25, 0.3) is 10.9 Å². The number of aliphatic hydroxyl groups is 1. The van der Waals surface area contributed by atoms with Crippen LogP contribution in [0, 0.1) is 0 Å². The molecule has 268 valence electrons. The summed E-state index contributed by atoms with van der Waals surface area (Å²) in [5, 5.41) is 42.8. The van der Waals surface area contributed by atoms with Crippen molar-refractivity contribution < 1.29 is 44.1 Å². The summed E-state index contributed by atoms with van der Waals surface area (Å²) >= 11 is 0. The number of phenols is 1. The van der Waals surface area contributed by atoms with Crippen LogP contribution in [0.15, 0.2) is 67.3 Å². The number of rotatable bonds is 16. The summed E-state index contributed by atoms with van der Waals surface area (Å²) in [5.41, 5.74) is 2.40. The Morgan fingerprint density at radius 2 is 1.49 bits per heavy atom. The molecular weight excluding hydrogens is 664 g/mol. The van der Waals surface area contributed by atoms with E-state index < -0.39 is 66.4 Å². The van der Waals surface area contributed by atoms with Crippen LogP contribution in [0.5, 0.6) is 5.75 Å². The summed E-state index contributed by atoms with van der Waals surface area (Å²) in [5.74, 6) is -4.89. The molecular formula is C34H38N8O9. The van der Waals surface area contributed by atoms with Gasteiger partial charge in [-0.25, -0.2) is 9.78 Å². The van der Waals surface area contributed by atoms with Crippen LogP contribution in [0.3, 0.4) is 0 Å². The van der Waals surface area contributed by atoms with Crippen molar-refractivity contribution in [1.29, 1.82) is 0 Å². The molecule has 1 saturated heterocycles. The Kier molecular flexibility index (Phi) is 11.6. The van der Waals surface area contributed by atoms with Crippen LogP contribution in [0.4, 0.5) is 0 Å². The van der Waals surface area contributed by atoms with Crippen molar-refractivity contribution in [2.24, 2.45) is 0 Å². The molecule has 0 aliphatic carbocycles. The minimum Gasteiger partial charge on any atom is -0.508 e. The molecule has 51 heavy (non-hydrogen) atoms. The highest BCUT2D eigenvalue weighted by Gasteiger charge is 2.34. The number of nitrogens with zero attached hydrogens (tertiary/aromatic N) is 1. The van der Waals surface area contributed by atoms with Crippen molar-refractivity contribution >= 4 is 46.4 Å². The number of imidazole rings is 1. The lowest BCUT2D eigenvalue weighted by atomic mass is 10.0. The molecule has 17 heteroatoms. The second kappa shape index (κ2) is 16.4. The third-order valence-corrected chi connectivity index (χ3v) is 8.46. The molecule has 0 bridgehead atoms. The van der Waals surface area contributed by atoms with Crippen LogP contribution < -0.4 is 26.6 Å². The number of carbonyl (C=O) groups excluding carboxylic acids is 5. The number of aliphatic hydroxyl groups excluding tert-OH is 1. The fourth-order valence-corrected chi connectivity index (χ4v) is 5.72. The van der Waals surface area contributed by atoms with Gasteiger partial charge in [-0.15, -0.1) is 0 Å². The van der Waals surface area contributed by atoms with E-state index in [9.17, 15) is 44.1 Å². The maximum absolute atomic E-state index is 13.9. The lowest BCUT2D eigenvalue weighted by Gasteiger charge is -2.26. The Bertz CT molecular complexity index is 1880. The second-order valence-electron chi connectivity index (χ2n) is 12.1. The predicted molar refractivity (Wildman–Crippen MR) is 180 cm³/mol. The van der Waals surface area contributed by atoms with Crippen LogP contribution in [-0.4, -0.2) is 103 Å². The molecule has 4 aromatic rings. The van der Waals surface area contributed by atoms with Crippen LogP contribution in [0.2, 0.25) is 0 Å². The largest absolute Gasteiger partial charge is 0.508 e. The van der Waals surface area contributed by atoms with E-state index in [1.165, 1.54) is 36.8 Å². The van der Waals surface area contributed by atoms with Crippen molar-refractivity contribution in [3.8, 4) is 5.75 Å². The first-order valence-electron chi connectivity index (χ1n) is 16.2. The molecule has 0 unspecified atom stereocenters. The van der Waals surface area contributed by atoms with Crippen molar-refractivity contribution in [3.63, 3.8) is 0 Å². The number of hydrogen-bond donors (Lipinski definition) is 10. The first kappa shape index (κ1) is 36.1. The number of H-pyrrole nitrogens is 2. The molecule has 1 aliphatic heterocycles. The summed E-state index contributed by atoms with van der Waals surface area (Å²) in [6.07, 6.45) is 4.67. The van der Waals surface area contributed by atoms with Crippen LogP contribution in [-0.2, 0) is 48.0 Å². The molecule has 0 saturated carbocycles. The Morgan fingerprint density at radius 3 is 2.14 bits per heavy atom. The number of aromatic hydroxyl groups is 1. The number of phenolic OH excluding ortho intramolecular Hbond substituents is 1. The Labute approximate surface area is 290 Å². The summed E-state index contributed by atoms with van der Waals surface area (Å²) in [4.78, 5) is 87.6. The van der Waals surface area contributed by atoms with Crippen LogP contribution in [0.1, 0.15) is 29.7 Å². The zero-order valence-electron chi connectivity index (χ0n) is 27.2. The molecule has 2 aromatic heterocycles. The van der Waals surface area contributed by atoms with E-state index in [0.717, 1.165) is 10.9 Å². The first-order valence-corrected chi connectivity index (χ1v) is 16.2. The Balaban J connectivity index is 1.35. The number of aromatic nitrogens is 3. The number of para-hydroxylation sites is 1. The molecule has 3 heterocycles. The molecule has 1 fully saturated rings. The van der Waals surface area contributed by atoms with Crippen molar-refractivity contribution in [2.75, 3.05) is 6.61 Å². The number of carboxylic acid groups (broad SMARTS) is 1. The minimum atomic E-state index is -1.60. The first-order chi connectivity index (χ1) is 24.5. The van der Waals surface area contributed by atoms with Gasteiger partial charge in [0, 0.05) is 54.7 Å². The third kappa shape index (κ3) is 9.48. The van der Waals surface area contributed by atoms with Crippen molar-refractivity contribution in [2.45, 2.75) is 62.3 Å². The minimum absolute atomic E-state index is 0.0238. The smallest absolute Gasteiger partial charge is 0.326 e. The molecule has 10 N–H and O–H groups in total. The van der Waals surface area contributed by atoms with Gasteiger partial charge in [-0.1, -0.05) is 30.3 Å². The number of carboxylic acids is 1. The lowest BCUT2D eigenvalue weighted by Crippen LogP contribution is -2.60. The molecule has 0 spiro atoms. The molecule has 5 rings (SSSR count). The lowest BCUT2D eigenvalue weighted by molar-refractivity contribution is -0.142. The Morgan fingerprint density at radius 1 is 0.824 bits per heavy atom. The van der Waals surface area contributed by atoms with E-state index in [-0.39, 0.29) is 43.8 Å². The summed E-state index contributed by atoms with van der Waals surface area (Å²) in [6.45, 7) is -0.900.